The summed E-state index contributed by atoms with van der Waals surface area (Å²) in [5.41, 5.74) is 2.20. The molecule has 1 heterocycles. The maximum Gasteiger partial charge on any atom is 0.277 e. The number of ether oxygens (including phenoxy) is 2. The third-order valence-electron chi connectivity index (χ3n) is 3.58. The van der Waals surface area contributed by atoms with Crippen LogP contribution in [0.5, 0.6) is 11.5 Å². The fourth-order valence-electron chi connectivity index (χ4n) is 2.49. The first-order valence-electron chi connectivity index (χ1n) is 6.95. The normalized spacial score (nSPS) is 10.7. The predicted octanol–water partition coefficient (Wildman–Crippen LogP) is 3.08. The van der Waals surface area contributed by atoms with Crippen molar-refractivity contribution >= 4 is 16.7 Å². The van der Waals surface area contributed by atoms with Crippen LogP contribution in [0, 0.1) is 10.1 Å². The van der Waals surface area contributed by atoms with E-state index < -0.39 is 4.92 Å². The number of nitrogens with zero attached hydrogens (tertiary/aromatic N) is 2. The van der Waals surface area contributed by atoms with Crippen molar-refractivity contribution < 1.29 is 14.4 Å². The summed E-state index contributed by atoms with van der Waals surface area (Å²) in [7, 11) is 2.94. The Kier molecular flexibility index (Phi) is 3.84. The van der Waals surface area contributed by atoms with E-state index in [1.54, 1.807) is 6.07 Å². The van der Waals surface area contributed by atoms with E-state index in [0.29, 0.717) is 29.3 Å². The first-order chi connectivity index (χ1) is 11.1. The summed E-state index contributed by atoms with van der Waals surface area (Å²) >= 11 is 0. The summed E-state index contributed by atoms with van der Waals surface area (Å²) in [6.07, 6.45) is 0.297. The molecule has 3 aromatic rings. The standard InChI is InChI=1S/C16H15N3O4/c1-22-14-7-10(13(19(20)21)9-15(14)23-2)8-16-17-11-5-3-4-6-12(11)18-16/h3-7,9H,8H2,1-2H3,(H,17,18). The summed E-state index contributed by atoms with van der Waals surface area (Å²) in [5.74, 6) is 1.43. The van der Waals surface area contributed by atoms with Crippen molar-refractivity contribution in [2.24, 2.45) is 0 Å². The maximum absolute atomic E-state index is 11.3. The lowest BCUT2D eigenvalue weighted by molar-refractivity contribution is -0.385. The number of aromatic nitrogens is 2. The van der Waals surface area contributed by atoms with E-state index in [-0.39, 0.29) is 5.69 Å². The van der Waals surface area contributed by atoms with Gasteiger partial charge in [-0.15, -0.1) is 0 Å². The third kappa shape index (κ3) is 2.80. The van der Waals surface area contributed by atoms with Gasteiger partial charge in [0.2, 0.25) is 0 Å². The van der Waals surface area contributed by atoms with Gasteiger partial charge in [0.25, 0.3) is 5.69 Å². The van der Waals surface area contributed by atoms with Crippen molar-refractivity contribution in [1.82, 2.24) is 9.97 Å². The van der Waals surface area contributed by atoms with E-state index in [4.69, 9.17) is 9.47 Å². The molecule has 7 nitrogen and oxygen atoms in total. The van der Waals surface area contributed by atoms with Gasteiger partial charge in [0.1, 0.15) is 5.82 Å². The van der Waals surface area contributed by atoms with E-state index in [1.807, 2.05) is 24.3 Å². The van der Waals surface area contributed by atoms with Crippen molar-refractivity contribution in [3.63, 3.8) is 0 Å². The number of para-hydroxylation sites is 2. The number of nitro groups is 1. The van der Waals surface area contributed by atoms with Gasteiger partial charge in [0.15, 0.2) is 11.5 Å². The van der Waals surface area contributed by atoms with Crippen LogP contribution in [-0.2, 0) is 6.42 Å². The summed E-state index contributed by atoms with van der Waals surface area (Å²) in [6, 6.07) is 10.6. The molecule has 0 radical (unpaired) electrons. The van der Waals surface area contributed by atoms with Crippen molar-refractivity contribution in [3.8, 4) is 11.5 Å². The molecule has 0 unspecified atom stereocenters. The van der Waals surface area contributed by atoms with Gasteiger partial charge in [0.05, 0.1) is 36.2 Å². The molecule has 2 aromatic carbocycles. The zero-order valence-corrected chi connectivity index (χ0v) is 12.7. The first kappa shape index (κ1) is 14.8. The number of nitro benzene ring substituents is 1. The molecule has 0 spiro atoms. The van der Waals surface area contributed by atoms with Crippen LogP contribution >= 0.6 is 0 Å². The van der Waals surface area contributed by atoms with Crippen molar-refractivity contribution in [2.75, 3.05) is 14.2 Å². The summed E-state index contributed by atoms with van der Waals surface area (Å²) in [5, 5.41) is 11.3. The van der Waals surface area contributed by atoms with Gasteiger partial charge < -0.3 is 14.5 Å². The highest BCUT2D eigenvalue weighted by atomic mass is 16.6. The Hall–Kier alpha value is -3.09. The molecule has 118 valence electrons. The maximum atomic E-state index is 11.3. The predicted molar refractivity (Wildman–Crippen MR) is 85.1 cm³/mol. The minimum atomic E-state index is -0.431. The number of imidazole rings is 1. The molecule has 0 aliphatic heterocycles. The Bertz CT molecular complexity index is 840. The van der Waals surface area contributed by atoms with Crippen molar-refractivity contribution in [3.05, 3.63) is 57.9 Å². The second kappa shape index (κ2) is 5.96. The molecule has 3 rings (SSSR count). The lowest BCUT2D eigenvalue weighted by Gasteiger charge is -2.09. The lowest BCUT2D eigenvalue weighted by Crippen LogP contribution is -2.01. The van der Waals surface area contributed by atoms with Crippen LogP contribution in [-0.4, -0.2) is 29.1 Å². The second-order valence-electron chi connectivity index (χ2n) is 4.97. The Morgan fingerprint density at radius 1 is 1.17 bits per heavy atom. The number of H-pyrrole nitrogens is 1. The van der Waals surface area contributed by atoms with Crippen LogP contribution in [0.2, 0.25) is 0 Å². The number of methoxy groups -OCH3 is 2. The van der Waals surface area contributed by atoms with Gasteiger partial charge in [-0.1, -0.05) is 12.1 Å². The Morgan fingerprint density at radius 3 is 2.52 bits per heavy atom. The van der Waals surface area contributed by atoms with Crippen LogP contribution in [0.4, 0.5) is 5.69 Å². The number of fused-ring (bicyclic) bond motifs is 1. The number of benzene rings is 2. The Labute approximate surface area is 132 Å². The zero-order valence-electron chi connectivity index (χ0n) is 12.7. The molecule has 0 saturated heterocycles. The fraction of sp³-hybridized carbons (Fsp3) is 0.188. The molecule has 1 N–H and O–H groups in total. The number of nitrogens with one attached hydrogen (secondary N) is 1. The number of aromatic amines is 1. The van der Waals surface area contributed by atoms with Gasteiger partial charge in [-0.3, -0.25) is 10.1 Å². The third-order valence-corrected chi connectivity index (χ3v) is 3.58. The average molecular weight is 313 g/mol. The zero-order chi connectivity index (χ0) is 16.4. The topological polar surface area (TPSA) is 90.3 Å². The van der Waals surface area contributed by atoms with Gasteiger partial charge in [-0.2, -0.15) is 0 Å². The van der Waals surface area contributed by atoms with Crippen LogP contribution in [0.15, 0.2) is 36.4 Å². The van der Waals surface area contributed by atoms with Crippen molar-refractivity contribution in [2.45, 2.75) is 6.42 Å². The van der Waals surface area contributed by atoms with Gasteiger partial charge >= 0.3 is 0 Å². The molecule has 0 saturated carbocycles. The number of hydrogen-bond acceptors (Lipinski definition) is 5. The van der Waals surface area contributed by atoms with E-state index in [1.165, 1.54) is 20.3 Å². The van der Waals surface area contributed by atoms with Gasteiger partial charge in [0, 0.05) is 12.0 Å². The van der Waals surface area contributed by atoms with Crippen LogP contribution < -0.4 is 9.47 Å². The highest BCUT2D eigenvalue weighted by Gasteiger charge is 2.20. The molecular formula is C16H15N3O4. The largest absolute Gasteiger partial charge is 0.493 e. The molecule has 1 aromatic heterocycles. The smallest absolute Gasteiger partial charge is 0.277 e. The molecule has 23 heavy (non-hydrogen) atoms. The molecular weight excluding hydrogens is 298 g/mol. The SMILES string of the molecule is COc1cc(Cc2nc3ccccc3[nH]2)c([N+](=O)[O-])cc1OC. The minimum absolute atomic E-state index is 0.0249. The Balaban J connectivity index is 2.05. The highest BCUT2D eigenvalue weighted by Crippen LogP contribution is 2.35. The molecule has 0 atom stereocenters. The van der Waals surface area contributed by atoms with Gasteiger partial charge in [-0.25, -0.2) is 4.98 Å². The molecule has 0 bridgehead atoms. The molecule has 7 heteroatoms. The van der Waals surface area contributed by atoms with Crippen molar-refractivity contribution in [1.29, 1.82) is 0 Å². The number of hydrogen-bond donors (Lipinski definition) is 1. The van der Waals surface area contributed by atoms with E-state index in [2.05, 4.69) is 9.97 Å². The minimum Gasteiger partial charge on any atom is -0.493 e. The lowest BCUT2D eigenvalue weighted by atomic mass is 10.1. The monoisotopic (exact) mass is 313 g/mol. The highest BCUT2D eigenvalue weighted by molar-refractivity contribution is 5.74. The average Bonchev–Trinajstić information content (AvgIpc) is 2.96. The molecule has 0 aliphatic rings. The quantitative estimate of drug-likeness (QED) is 0.577. The van der Waals surface area contributed by atoms with E-state index in [0.717, 1.165) is 11.0 Å². The number of rotatable bonds is 5. The first-order valence-corrected chi connectivity index (χ1v) is 6.95. The fourth-order valence-corrected chi connectivity index (χ4v) is 2.49. The molecule has 0 aliphatic carbocycles. The van der Waals surface area contributed by atoms with Crippen LogP contribution in [0.25, 0.3) is 11.0 Å². The van der Waals surface area contributed by atoms with Gasteiger partial charge in [-0.05, 0) is 18.2 Å². The van der Waals surface area contributed by atoms with E-state index in [9.17, 15) is 10.1 Å². The van der Waals surface area contributed by atoms with Crippen LogP contribution in [0.3, 0.4) is 0 Å². The Morgan fingerprint density at radius 2 is 1.87 bits per heavy atom. The summed E-state index contributed by atoms with van der Waals surface area (Å²) in [6.45, 7) is 0. The molecule has 0 amide bonds. The van der Waals surface area contributed by atoms with Crippen LogP contribution in [0.1, 0.15) is 11.4 Å². The summed E-state index contributed by atoms with van der Waals surface area (Å²) < 4.78 is 10.4. The summed E-state index contributed by atoms with van der Waals surface area (Å²) in [4.78, 5) is 18.5. The van der Waals surface area contributed by atoms with E-state index >= 15 is 0 Å². The molecule has 0 fully saturated rings. The second-order valence-corrected chi connectivity index (χ2v) is 4.97.